The number of hydrogen-bond donors (Lipinski definition) is 1. The number of carbonyl (C=O) groups is 2. The molecule has 3 aromatic carbocycles. The van der Waals surface area contributed by atoms with Crippen LogP contribution in [-0.4, -0.2) is 16.8 Å². The Morgan fingerprint density at radius 1 is 1.00 bits per heavy atom. The number of anilines is 1. The van der Waals surface area contributed by atoms with Gasteiger partial charge in [-0.1, -0.05) is 62.7 Å². The van der Waals surface area contributed by atoms with Crippen molar-refractivity contribution in [2.45, 2.75) is 39.2 Å². The van der Waals surface area contributed by atoms with Crippen LogP contribution >= 0.6 is 11.6 Å². The summed E-state index contributed by atoms with van der Waals surface area (Å²) in [5, 5.41) is 12.0. The fourth-order valence-electron chi connectivity index (χ4n) is 4.17. The lowest BCUT2D eigenvalue weighted by Crippen LogP contribution is -2.29. The highest BCUT2D eigenvalue weighted by molar-refractivity contribution is 6.51. The van der Waals surface area contributed by atoms with E-state index in [-0.39, 0.29) is 22.4 Å². The maximum Gasteiger partial charge on any atom is 0.300 e. The number of rotatable bonds is 3. The van der Waals surface area contributed by atoms with E-state index in [9.17, 15) is 19.1 Å². The Hall–Kier alpha value is -3.44. The molecule has 34 heavy (non-hydrogen) atoms. The predicted octanol–water partition coefficient (Wildman–Crippen LogP) is 6.71. The summed E-state index contributed by atoms with van der Waals surface area (Å²) in [6.45, 7) is 8.00. The van der Waals surface area contributed by atoms with Gasteiger partial charge in [0.25, 0.3) is 11.7 Å². The Balaban J connectivity index is 1.98. The number of halogens is 2. The molecule has 3 aromatic rings. The molecular formula is C28H25ClFNO3. The molecule has 1 aliphatic rings. The average molecular weight is 478 g/mol. The zero-order valence-electron chi connectivity index (χ0n) is 19.4. The molecule has 1 N–H and O–H groups in total. The van der Waals surface area contributed by atoms with Gasteiger partial charge in [0.05, 0.1) is 11.6 Å². The summed E-state index contributed by atoms with van der Waals surface area (Å²) in [6, 6.07) is 16.9. The van der Waals surface area contributed by atoms with E-state index >= 15 is 0 Å². The monoisotopic (exact) mass is 477 g/mol. The highest BCUT2D eigenvalue weighted by atomic mass is 35.5. The number of nitrogens with zero attached hydrogens (tertiary/aromatic N) is 1. The maximum atomic E-state index is 14.1. The minimum absolute atomic E-state index is 0.0502. The number of aryl methyl sites for hydroxylation is 1. The molecule has 0 spiro atoms. The summed E-state index contributed by atoms with van der Waals surface area (Å²) in [5.74, 6) is -2.47. The minimum atomic E-state index is -0.947. The van der Waals surface area contributed by atoms with Gasteiger partial charge in [0, 0.05) is 16.3 Å². The SMILES string of the molecule is Cc1ccc(C(C)(C)C)cc1/C(O)=C1\C(=O)C(=O)N(c2cccc(F)c2)C1c1ccc(Cl)cc1. The highest BCUT2D eigenvalue weighted by Gasteiger charge is 2.47. The molecule has 1 aliphatic heterocycles. The van der Waals surface area contributed by atoms with Crippen LogP contribution in [0, 0.1) is 12.7 Å². The zero-order chi connectivity index (χ0) is 24.8. The molecule has 0 aromatic heterocycles. The molecule has 4 nitrogen and oxygen atoms in total. The molecule has 4 rings (SSSR count). The van der Waals surface area contributed by atoms with Crippen molar-refractivity contribution in [1.82, 2.24) is 0 Å². The Bertz CT molecular complexity index is 1320. The van der Waals surface area contributed by atoms with Gasteiger partial charge in [0.1, 0.15) is 11.6 Å². The standard InChI is InChI=1S/C28H25ClFNO3/c1-16-8-11-18(28(2,3)4)14-22(16)25(32)23-24(17-9-12-19(29)13-10-17)31(27(34)26(23)33)21-7-5-6-20(30)15-21/h5-15,24,32H,1-4H3/b25-23+. The molecule has 1 fully saturated rings. The van der Waals surface area contributed by atoms with Crippen molar-refractivity contribution < 1.29 is 19.1 Å². The summed E-state index contributed by atoms with van der Waals surface area (Å²) >= 11 is 6.07. The number of amides is 1. The van der Waals surface area contributed by atoms with Gasteiger partial charge in [0.2, 0.25) is 0 Å². The lowest BCUT2D eigenvalue weighted by molar-refractivity contribution is -0.132. The first-order chi connectivity index (χ1) is 16.0. The first-order valence-corrected chi connectivity index (χ1v) is 11.3. The average Bonchev–Trinajstić information content (AvgIpc) is 3.04. The van der Waals surface area contributed by atoms with Crippen LogP contribution in [0.1, 0.15) is 49.1 Å². The molecule has 1 heterocycles. The second-order valence-corrected chi connectivity index (χ2v) is 9.92. The van der Waals surface area contributed by atoms with E-state index in [0.29, 0.717) is 16.1 Å². The number of carbonyl (C=O) groups excluding carboxylic acids is 2. The Kier molecular flexibility index (Phi) is 6.09. The van der Waals surface area contributed by atoms with Gasteiger partial charge >= 0.3 is 0 Å². The van der Waals surface area contributed by atoms with Gasteiger partial charge in [-0.15, -0.1) is 0 Å². The van der Waals surface area contributed by atoms with Gasteiger partial charge in [-0.25, -0.2) is 4.39 Å². The molecule has 174 valence electrons. The van der Waals surface area contributed by atoms with Crippen LogP contribution in [0.15, 0.2) is 72.3 Å². The van der Waals surface area contributed by atoms with E-state index in [0.717, 1.165) is 11.1 Å². The van der Waals surface area contributed by atoms with Crippen LogP contribution in [0.4, 0.5) is 10.1 Å². The topological polar surface area (TPSA) is 57.6 Å². The molecule has 0 saturated carbocycles. The molecule has 1 atom stereocenters. The largest absolute Gasteiger partial charge is 0.507 e. The molecule has 0 radical (unpaired) electrons. The van der Waals surface area contributed by atoms with Crippen molar-refractivity contribution in [2.24, 2.45) is 0 Å². The summed E-state index contributed by atoms with van der Waals surface area (Å²) in [5.41, 5.74) is 2.76. The normalized spacial score (nSPS) is 17.9. The summed E-state index contributed by atoms with van der Waals surface area (Å²) in [7, 11) is 0. The number of aliphatic hydroxyl groups excluding tert-OH is 1. The molecular weight excluding hydrogens is 453 g/mol. The fraction of sp³-hybridized carbons (Fsp3) is 0.214. The molecule has 1 amide bonds. The van der Waals surface area contributed by atoms with Crippen molar-refractivity contribution >= 4 is 34.7 Å². The van der Waals surface area contributed by atoms with Gasteiger partial charge in [-0.2, -0.15) is 0 Å². The summed E-state index contributed by atoms with van der Waals surface area (Å²) in [6.07, 6.45) is 0. The van der Waals surface area contributed by atoms with Gasteiger partial charge in [0.15, 0.2) is 0 Å². The predicted molar refractivity (Wildman–Crippen MR) is 133 cm³/mol. The lowest BCUT2D eigenvalue weighted by atomic mass is 9.84. The van der Waals surface area contributed by atoms with Crippen LogP contribution in [0.2, 0.25) is 5.02 Å². The third-order valence-corrected chi connectivity index (χ3v) is 6.33. The van der Waals surface area contributed by atoms with Gasteiger partial charge in [-0.3, -0.25) is 14.5 Å². The first kappa shape index (κ1) is 23.7. The van der Waals surface area contributed by atoms with E-state index in [1.54, 1.807) is 30.3 Å². The van der Waals surface area contributed by atoms with E-state index in [1.165, 1.54) is 23.1 Å². The van der Waals surface area contributed by atoms with Crippen LogP contribution < -0.4 is 4.90 Å². The molecule has 0 bridgehead atoms. The zero-order valence-corrected chi connectivity index (χ0v) is 20.2. The van der Waals surface area contributed by atoms with Crippen molar-refractivity contribution in [1.29, 1.82) is 0 Å². The third-order valence-electron chi connectivity index (χ3n) is 6.08. The fourth-order valence-corrected chi connectivity index (χ4v) is 4.30. The summed E-state index contributed by atoms with van der Waals surface area (Å²) in [4.78, 5) is 27.7. The second-order valence-electron chi connectivity index (χ2n) is 9.48. The summed E-state index contributed by atoms with van der Waals surface area (Å²) < 4.78 is 14.1. The number of hydrogen-bond acceptors (Lipinski definition) is 3. The second kappa shape index (κ2) is 8.73. The molecule has 0 aliphatic carbocycles. The van der Waals surface area contributed by atoms with Crippen LogP contribution in [0.25, 0.3) is 5.76 Å². The number of ketones is 1. The lowest BCUT2D eigenvalue weighted by Gasteiger charge is -2.26. The van der Waals surface area contributed by atoms with E-state index in [2.05, 4.69) is 20.8 Å². The molecule has 1 unspecified atom stereocenters. The quantitative estimate of drug-likeness (QED) is 0.259. The maximum absolute atomic E-state index is 14.1. The van der Waals surface area contributed by atoms with Gasteiger partial charge < -0.3 is 5.11 Å². The third kappa shape index (κ3) is 4.24. The van der Waals surface area contributed by atoms with E-state index in [4.69, 9.17) is 11.6 Å². The number of aliphatic hydroxyl groups is 1. The van der Waals surface area contributed by atoms with Crippen molar-refractivity contribution in [3.63, 3.8) is 0 Å². The van der Waals surface area contributed by atoms with Crippen LogP contribution in [0.5, 0.6) is 0 Å². The van der Waals surface area contributed by atoms with Crippen LogP contribution in [0.3, 0.4) is 0 Å². The first-order valence-electron chi connectivity index (χ1n) is 10.9. The van der Waals surface area contributed by atoms with Crippen molar-refractivity contribution in [2.75, 3.05) is 4.90 Å². The highest BCUT2D eigenvalue weighted by Crippen LogP contribution is 2.43. The van der Waals surface area contributed by atoms with Crippen molar-refractivity contribution in [3.05, 3.63) is 105 Å². The molecule has 6 heteroatoms. The Labute approximate surface area is 203 Å². The Morgan fingerprint density at radius 3 is 2.29 bits per heavy atom. The number of Topliss-reactive ketones (excluding diaryl/α,β-unsaturated/α-hetero) is 1. The van der Waals surface area contributed by atoms with Crippen molar-refractivity contribution in [3.8, 4) is 0 Å². The minimum Gasteiger partial charge on any atom is -0.507 e. The Morgan fingerprint density at radius 2 is 1.68 bits per heavy atom. The molecule has 1 saturated heterocycles. The van der Waals surface area contributed by atoms with E-state index in [1.807, 2.05) is 25.1 Å². The van der Waals surface area contributed by atoms with E-state index < -0.39 is 23.5 Å². The van der Waals surface area contributed by atoms with Gasteiger partial charge in [-0.05, 0) is 65.4 Å². The number of benzene rings is 3. The van der Waals surface area contributed by atoms with Crippen LogP contribution in [-0.2, 0) is 15.0 Å². The smallest absolute Gasteiger partial charge is 0.300 e.